The summed E-state index contributed by atoms with van der Waals surface area (Å²) >= 11 is 0. The molecular weight excluding hydrogens is 1070 g/mol. The van der Waals surface area contributed by atoms with Gasteiger partial charge in [-0.05, 0) is 401 Å². The van der Waals surface area contributed by atoms with Gasteiger partial charge in [0.1, 0.15) is 0 Å². The van der Waals surface area contributed by atoms with E-state index < -0.39 is 33.6 Å². The average Bonchev–Trinajstić information content (AvgIpc) is 1.82. The molecule has 0 bridgehead atoms. The monoisotopic (exact) mass is 1210 g/mol. The van der Waals surface area contributed by atoms with E-state index in [1.54, 1.807) is 5.57 Å². The van der Waals surface area contributed by atoms with E-state index in [1.807, 2.05) is 48.5 Å². The van der Waals surface area contributed by atoms with E-state index in [2.05, 4.69) is 82.2 Å². The Morgan fingerprint density at radius 3 is 1.08 bits per heavy atom. The SMILES string of the molecule is C[C@H](CCC(C)(C)O)[C@H]1CC[C@H]2[C@@H]3CC=C4C[C@@](C)(O)CC[C@]4(C)[C@H]3CC[C@]12C.C[C@H](CCC(C)(C)O)[C@H]1CC[C@H]2[C@@H]3CC[C@@H]4C[C@@](C)(O)CC[C@]4(C)[C@H]3CC[C@]12C.C[C@H](CCC(C)(C)O)[C@H]1CC[C@H]2[C@@H]3CC[C@H]4C[C@@](C)(O)CC[C@]4(C)[C@H]3CC[C@]12C. The van der Waals surface area contributed by atoms with Crippen LogP contribution in [-0.4, -0.2) is 64.2 Å². The van der Waals surface area contributed by atoms with Crippen LogP contribution in [0, 0.1) is 133 Å². The van der Waals surface area contributed by atoms with Crippen LogP contribution in [0.5, 0.6) is 0 Å². The second kappa shape index (κ2) is 24.3. The van der Waals surface area contributed by atoms with Gasteiger partial charge in [-0.25, -0.2) is 0 Å². The average molecular weight is 1210 g/mol. The maximum Gasteiger partial charge on any atom is 0.0657 e. The largest absolute Gasteiger partial charge is 0.390 e. The number of rotatable bonds is 12. The number of aliphatic hydroxyl groups is 6. The first kappa shape index (κ1) is 69.3. The van der Waals surface area contributed by atoms with Crippen LogP contribution < -0.4 is 0 Å². The maximum atomic E-state index is 10.7. The minimum absolute atomic E-state index is 0.330. The molecule has 12 aliphatic rings. The Morgan fingerprint density at radius 1 is 0.379 bits per heavy atom. The van der Waals surface area contributed by atoms with Gasteiger partial charge in [-0.15, -0.1) is 0 Å². The molecule has 0 radical (unpaired) electrons. The highest BCUT2D eigenvalue weighted by atomic mass is 16.3. The quantitative estimate of drug-likeness (QED) is 0.108. The van der Waals surface area contributed by atoms with E-state index >= 15 is 0 Å². The van der Waals surface area contributed by atoms with Gasteiger partial charge in [0.15, 0.2) is 0 Å². The van der Waals surface area contributed by atoms with Crippen LogP contribution >= 0.6 is 0 Å². The minimum atomic E-state index is -0.536. The lowest BCUT2D eigenvalue weighted by atomic mass is 9.43. The molecule has 0 unspecified atom stereocenters. The Morgan fingerprint density at radius 2 is 0.713 bits per heavy atom. The summed E-state index contributed by atoms with van der Waals surface area (Å²) in [6.07, 6.45) is 42.1. The second-order valence-corrected chi connectivity index (χ2v) is 39.8. The molecule has 0 aromatic rings. The van der Waals surface area contributed by atoms with Crippen LogP contribution in [0.4, 0.5) is 0 Å². The first-order valence-electron chi connectivity index (χ1n) is 38.1. The van der Waals surface area contributed by atoms with Crippen molar-refractivity contribution in [2.45, 2.75) is 364 Å². The molecule has 0 amide bonds. The summed E-state index contributed by atoms with van der Waals surface area (Å²) in [6.45, 7) is 41.0. The highest BCUT2D eigenvalue weighted by Crippen LogP contribution is 2.72. The van der Waals surface area contributed by atoms with Gasteiger partial charge in [-0.2, -0.15) is 0 Å². The molecule has 0 heterocycles. The van der Waals surface area contributed by atoms with Crippen molar-refractivity contribution < 1.29 is 30.6 Å². The summed E-state index contributed by atoms with van der Waals surface area (Å²) in [5, 5.41) is 62.7. The van der Waals surface area contributed by atoms with Crippen molar-refractivity contribution in [1.82, 2.24) is 0 Å². The van der Waals surface area contributed by atoms with Crippen molar-refractivity contribution >= 4 is 0 Å². The molecule has 0 aliphatic heterocycles. The third-order valence-electron chi connectivity index (χ3n) is 32.2. The Bertz CT molecular complexity index is 2270. The Balaban J connectivity index is 0.000000144. The third kappa shape index (κ3) is 13.6. The van der Waals surface area contributed by atoms with Gasteiger partial charge in [0.05, 0.1) is 33.6 Å². The molecule has 0 spiro atoms. The second-order valence-electron chi connectivity index (χ2n) is 39.8. The summed E-state index contributed by atoms with van der Waals surface area (Å²) in [4.78, 5) is 0. The van der Waals surface area contributed by atoms with Gasteiger partial charge in [0.2, 0.25) is 0 Å². The van der Waals surface area contributed by atoms with E-state index in [4.69, 9.17) is 0 Å². The van der Waals surface area contributed by atoms with Crippen LogP contribution in [0.2, 0.25) is 0 Å². The van der Waals surface area contributed by atoms with E-state index in [-0.39, 0.29) is 0 Å². The lowest BCUT2D eigenvalue weighted by Gasteiger charge is -2.62. The van der Waals surface area contributed by atoms with Crippen molar-refractivity contribution in [2.24, 2.45) is 133 Å². The molecule has 11 saturated carbocycles. The van der Waals surface area contributed by atoms with Gasteiger partial charge in [-0.3, -0.25) is 0 Å². The van der Waals surface area contributed by atoms with Gasteiger partial charge >= 0.3 is 0 Å². The lowest BCUT2D eigenvalue weighted by Crippen LogP contribution is -2.55. The van der Waals surface area contributed by atoms with E-state index in [1.165, 1.54) is 141 Å². The van der Waals surface area contributed by atoms with Crippen LogP contribution in [0.25, 0.3) is 0 Å². The predicted octanol–water partition coefficient (Wildman–Crippen LogP) is 19.7. The van der Waals surface area contributed by atoms with E-state index in [9.17, 15) is 30.6 Å². The van der Waals surface area contributed by atoms with Crippen LogP contribution in [0.15, 0.2) is 11.6 Å². The predicted molar refractivity (Wildman–Crippen MR) is 362 cm³/mol. The molecule has 0 aromatic carbocycles. The molecule has 26 atom stereocenters. The molecule has 12 aliphatic carbocycles. The van der Waals surface area contributed by atoms with Crippen LogP contribution in [0.3, 0.4) is 0 Å². The Kier molecular flexibility index (Phi) is 19.4. The number of hydrogen-bond donors (Lipinski definition) is 6. The zero-order valence-electron chi connectivity index (χ0n) is 60.2. The molecule has 11 fully saturated rings. The van der Waals surface area contributed by atoms with Crippen molar-refractivity contribution in [3.05, 3.63) is 11.6 Å². The molecule has 502 valence electrons. The standard InChI is InChI=1S/2C27H48O2.C27H46O2/c3*1-18(11-13-24(2,3)28)21-9-10-22-20-8-7-19-17-25(4,29)15-16-26(19,5)23(20)12-14-27(21,22)6/h2*18-23,28-29H,7-17H2,1-6H3;7,18,20-23,28-29H,8-17H2,1-6H3/t18-,19+,20+,21-,22+,23+,25+,26+,27-;18-,19-,20+,21-,22+,23+,25+,26+,27-;18-,20+,21-,22+,23+,25+,26+,27-/m111/s1. The molecule has 87 heavy (non-hydrogen) atoms. The molecule has 6 nitrogen and oxygen atoms in total. The van der Waals surface area contributed by atoms with Gasteiger partial charge < -0.3 is 30.6 Å². The lowest BCUT2D eigenvalue weighted by molar-refractivity contribution is -0.148. The smallest absolute Gasteiger partial charge is 0.0657 e. The topological polar surface area (TPSA) is 121 Å². The summed E-state index contributed by atoms with van der Waals surface area (Å²) in [5.41, 5.74) is 1.44. The highest BCUT2D eigenvalue weighted by molar-refractivity contribution is 5.27. The fourth-order valence-corrected chi connectivity index (χ4v) is 26.9. The zero-order chi connectivity index (χ0) is 63.7. The summed E-state index contributed by atoms with van der Waals surface area (Å²) in [5.74, 6) is 14.1. The fraction of sp³-hybridized carbons (Fsp3) is 0.975. The van der Waals surface area contributed by atoms with Gasteiger partial charge in [-0.1, -0.05) is 74.0 Å². The van der Waals surface area contributed by atoms with Crippen molar-refractivity contribution in [2.75, 3.05) is 0 Å². The maximum absolute atomic E-state index is 10.7. The van der Waals surface area contributed by atoms with Gasteiger partial charge in [0.25, 0.3) is 0 Å². The molecule has 0 aromatic heterocycles. The summed E-state index contributed by atoms with van der Waals surface area (Å²) in [6, 6.07) is 0. The first-order valence-corrected chi connectivity index (χ1v) is 38.1. The fourth-order valence-electron chi connectivity index (χ4n) is 26.9. The van der Waals surface area contributed by atoms with Crippen LogP contribution in [0.1, 0.15) is 330 Å². The minimum Gasteiger partial charge on any atom is -0.390 e. The van der Waals surface area contributed by atoms with Crippen LogP contribution in [-0.2, 0) is 0 Å². The summed E-state index contributed by atoms with van der Waals surface area (Å²) < 4.78 is 0. The molecular formula is C81H142O6. The molecule has 0 saturated heterocycles. The van der Waals surface area contributed by atoms with Gasteiger partial charge in [0, 0.05) is 0 Å². The highest BCUT2D eigenvalue weighted by Gasteiger charge is 2.65. The molecule has 6 N–H and O–H groups in total. The van der Waals surface area contributed by atoms with E-state index in [0.29, 0.717) is 38.4 Å². The zero-order valence-corrected chi connectivity index (χ0v) is 60.2. The van der Waals surface area contributed by atoms with Crippen molar-refractivity contribution in [1.29, 1.82) is 0 Å². The number of hydrogen-bond acceptors (Lipinski definition) is 6. The molecule has 6 heteroatoms. The number of fused-ring (bicyclic) bond motifs is 15. The Labute approximate surface area is 536 Å². The van der Waals surface area contributed by atoms with Crippen molar-refractivity contribution in [3.8, 4) is 0 Å². The van der Waals surface area contributed by atoms with E-state index in [0.717, 1.165) is 159 Å². The summed E-state index contributed by atoms with van der Waals surface area (Å²) in [7, 11) is 0. The normalized spacial score (nSPS) is 50.2. The third-order valence-corrected chi connectivity index (χ3v) is 32.2. The molecule has 12 rings (SSSR count). The van der Waals surface area contributed by atoms with Crippen molar-refractivity contribution in [3.63, 3.8) is 0 Å². The number of allylic oxidation sites excluding steroid dienone is 1. The first-order chi connectivity index (χ1) is 40.1. The Hall–Kier alpha value is -0.500.